The van der Waals surface area contributed by atoms with Crippen LogP contribution in [-0.2, 0) is 0 Å². The number of carbonyl (C=O) groups is 1. The summed E-state index contributed by atoms with van der Waals surface area (Å²) in [6.07, 6.45) is 1.14. The third-order valence-corrected chi connectivity index (χ3v) is 3.24. The van der Waals surface area contributed by atoms with Gasteiger partial charge in [0.15, 0.2) is 0 Å². The molecule has 1 rings (SSSR count). The van der Waals surface area contributed by atoms with Gasteiger partial charge in [-0.1, -0.05) is 6.92 Å². The second-order valence-electron chi connectivity index (χ2n) is 2.87. The van der Waals surface area contributed by atoms with Crippen LogP contribution in [-0.4, -0.2) is 42.1 Å². The molecule has 0 bridgehead atoms. The number of nitrogens with one attached hydrogen (secondary N) is 1. The summed E-state index contributed by atoms with van der Waals surface area (Å²) in [5.41, 5.74) is 0. The molecule has 0 aromatic carbocycles. The number of amides is 2. The minimum atomic E-state index is 0.0641. The highest BCUT2D eigenvalue weighted by molar-refractivity contribution is 7.99. The predicted molar refractivity (Wildman–Crippen MR) is 52.6 cm³/mol. The lowest BCUT2D eigenvalue weighted by molar-refractivity contribution is 0.211. The zero-order valence-electron chi connectivity index (χ0n) is 7.67. The van der Waals surface area contributed by atoms with Crippen molar-refractivity contribution < 1.29 is 4.79 Å². The molecule has 1 unspecified atom stereocenters. The van der Waals surface area contributed by atoms with Crippen LogP contribution in [0.1, 0.15) is 13.3 Å². The minimum absolute atomic E-state index is 0.0641. The Hall–Kier alpha value is -0.380. The molecule has 12 heavy (non-hydrogen) atoms. The molecule has 4 heteroatoms. The van der Waals surface area contributed by atoms with Gasteiger partial charge < -0.3 is 10.2 Å². The van der Waals surface area contributed by atoms with Gasteiger partial charge in [0.2, 0.25) is 0 Å². The van der Waals surface area contributed by atoms with E-state index in [0.717, 1.165) is 25.3 Å². The van der Waals surface area contributed by atoms with Gasteiger partial charge >= 0.3 is 6.03 Å². The van der Waals surface area contributed by atoms with Crippen molar-refractivity contribution in [3.63, 3.8) is 0 Å². The lowest BCUT2D eigenvalue weighted by Gasteiger charge is -2.14. The Kier molecular flexibility index (Phi) is 3.72. The summed E-state index contributed by atoms with van der Waals surface area (Å²) in [4.78, 5) is 13.1. The van der Waals surface area contributed by atoms with E-state index < -0.39 is 0 Å². The standard InChI is InChI=1S/C8H16N2OS/c1-3-12-7-4-5-10(6-7)8(11)9-2/h7H,3-6H2,1-2H3,(H,9,11). The summed E-state index contributed by atoms with van der Waals surface area (Å²) in [7, 11) is 1.68. The second kappa shape index (κ2) is 4.60. The quantitative estimate of drug-likeness (QED) is 0.705. The van der Waals surface area contributed by atoms with Crippen LogP contribution in [0.25, 0.3) is 0 Å². The van der Waals surface area contributed by atoms with Gasteiger partial charge in [0.05, 0.1) is 0 Å². The number of thioether (sulfide) groups is 1. The van der Waals surface area contributed by atoms with Crippen LogP contribution in [0.3, 0.4) is 0 Å². The first-order valence-corrected chi connectivity index (χ1v) is 5.41. The average Bonchev–Trinajstić information content (AvgIpc) is 2.52. The molecule has 1 atom stereocenters. The summed E-state index contributed by atoms with van der Waals surface area (Å²) >= 11 is 1.95. The van der Waals surface area contributed by atoms with Crippen molar-refractivity contribution in [3.05, 3.63) is 0 Å². The molecule has 0 aromatic heterocycles. The molecule has 0 radical (unpaired) electrons. The van der Waals surface area contributed by atoms with Crippen LogP contribution >= 0.6 is 11.8 Å². The number of nitrogens with zero attached hydrogens (tertiary/aromatic N) is 1. The Morgan fingerprint density at radius 1 is 1.75 bits per heavy atom. The largest absolute Gasteiger partial charge is 0.341 e. The Balaban J connectivity index is 2.30. The molecule has 70 valence electrons. The molecule has 0 spiro atoms. The maximum Gasteiger partial charge on any atom is 0.317 e. The SMILES string of the molecule is CCSC1CCN(C(=O)NC)C1. The molecule has 1 saturated heterocycles. The van der Waals surface area contributed by atoms with Crippen molar-refractivity contribution in [2.75, 3.05) is 25.9 Å². The predicted octanol–water partition coefficient (Wildman–Crippen LogP) is 1.15. The van der Waals surface area contributed by atoms with Crippen molar-refractivity contribution >= 4 is 17.8 Å². The minimum Gasteiger partial charge on any atom is -0.341 e. The highest BCUT2D eigenvalue weighted by atomic mass is 32.2. The van der Waals surface area contributed by atoms with E-state index in [9.17, 15) is 4.79 Å². The van der Waals surface area contributed by atoms with Gasteiger partial charge in [0, 0.05) is 25.4 Å². The molecule has 0 aromatic rings. The van der Waals surface area contributed by atoms with Crippen molar-refractivity contribution in [1.82, 2.24) is 10.2 Å². The highest BCUT2D eigenvalue weighted by Crippen LogP contribution is 2.21. The van der Waals surface area contributed by atoms with E-state index in [0.29, 0.717) is 5.25 Å². The number of rotatable bonds is 2. The molecule has 1 N–H and O–H groups in total. The molecule has 1 aliphatic rings. The van der Waals surface area contributed by atoms with Crippen LogP contribution < -0.4 is 5.32 Å². The molecular formula is C8H16N2OS. The zero-order valence-corrected chi connectivity index (χ0v) is 8.49. The van der Waals surface area contributed by atoms with Gasteiger partial charge in [0.1, 0.15) is 0 Å². The van der Waals surface area contributed by atoms with Crippen LogP contribution in [0.5, 0.6) is 0 Å². The lowest BCUT2D eigenvalue weighted by Crippen LogP contribution is -2.36. The molecule has 3 nitrogen and oxygen atoms in total. The van der Waals surface area contributed by atoms with Crippen LogP contribution in [0.15, 0.2) is 0 Å². The Morgan fingerprint density at radius 2 is 2.50 bits per heavy atom. The zero-order chi connectivity index (χ0) is 8.97. The van der Waals surface area contributed by atoms with Gasteiger partial charge in [-0.05, 0) is 12.2 Å². The van der Waals surface area contributed by atoms with Crippen LogP contribution in [0, 0.1) is 0 Å². The van der Waals surface area contributed by atoms with Gasteiger partial charge in [-0.25, -0.2) is 4.79 Å². The summed E-state index contributed by atoms with van der Waals surface area (Å²) in [6, 6.07) is 0.0641. The van der Waals surface area contributed by atoms with Crippen molar-refractivity contribution in [2.24, 2.45) is 0 Å². The average molecular weight is 188 g/mol. The Labute approximate surface area is 77.9 Å². The molecule has 0 saturated carbocycles. The van der Waals surface area contributed by atoms with E-state index in [1.54, 1.807) is 7.05 Å². The van der Waals surface area contributed by atoms with Crippen LogP contribution in [0.2, 0.25) is 0 Å². The van der Waals surface area contributed by atoms with Gasteiger partial charge in [-0.3, -0.25) is 0 Å². The second-order valence-corrected chi connectivity index (χ2v) is 4.44. The molecule has 1 aliphatic heterocycles. The number of urea groups is 1. The highest BCUT2D eigenvalue weighted by Gasteiger charge is 2.24. The third-order valence-electron chi connectivity index (χ3n) is 2.05. The molecular weight excluding hydrogens is 172 g/mol. The fourth-order valence-electron chi connectivity index (χ4n) is 1.44. The molecule has 1 fully saturated rings. The third kappa shape index (κ3) is 2.30. The summed E-state index contributed by atoms with van der Waals surface area (Å²) in [6.45, 7) is 3.99. The van der Waals surface area contributed by atoms with E-state index >= 15 is 0 Å². The molecule has 2 amide bonds. The Bertz CT molecular complexity index is 163. The van der Waals surface area contributed by atoms with E-state index in [1.165, 1.54) is 0 Å². The fraction of sp³-hybridized carbons (Fsp3) is 0.875. The van der Waals surface area contributed by atoms with Crippen molar-refractivity contribution in [2.45, 2.75) is 18.6 Å². The summed E-state index contributed by atoms with van der Waals surface area (Å²) in [5, 5.41) is 3.31. The molecule has 0 aliphatic carbocycles. The maximum atomic E-state index is 11.2. The normalized spacial score (nSPS) is 22.8. The number of likely N-dealkylation sites (tertiary alicyclic amines) is 1. The summed E-state index contributed by atoms with van der Waals surface area (Å²) in [5.74, 6) is 1.15. The first-order chi connectivity index (χ1) is 5.77. The Morgan fingerprint density at radius 3 is 3.08 bits per heavy atom. The number of carbonyl (C=O) groups excluding carboxylic acids is 1. The van der Waals surface area contributed by atoms with Gasteiger partial charge in [-0.2, -0.15) is 11.8 Å². The smallest absolute Gasteiger partial charge is 0.317 e. The van der Waals surface area contributed by atoms with Crippen LogP contribution in [0.4, 0.5) is 4.79 Å². The van der Waals surface area contributed by atoms with E-state index in [-0.39, 0.29) is 6.03 Å². The van der Waals surface area contributed by atoms with Crippen molar-refractivity contribution in [3.8, 4) is 0 Å². The summed E-state index contributed by atoms with van der Waals surface area (Å²) < 4.78 is 0. The lowest BCUT2D eigenvalue weighted by atomic mass is 10.4. The number of hydrogen-bond donors (Lipinski definition) is 1. The van der Waals surface area contributed by atoms with Gasteiger partial charge in [0.25, 0.3) is 0 Å². The van der Waals surface area contributed by atoms with Gasteiger partial charge in [-0.15, -0.1) is 0 Å². The number of hydrogen-bond acceptors (Lipinski definition) is 2. The molecule has 1 heterocycles. The maximum absolute atomic E-state index is 11.2. The van der Waals surface area contributed by atoms with E-state index in [2.05, 4.69) is 12.2 Å². The topological polar surface area (TPSA) is 32.3 Å². The monoisotopic (exact) mass is 188 g/mol. The first-order valence-electron chi connectivity index (χ1n) is 4.36. The fourth-order valence-corrected chi connectivity index (χ4v) is 2.47. The van der Waals surface area contributed by atoms with E-state index in [1.807, 2.05) is 16.7 Å². The van der Waals surface area contributed by atoms with Crippen molar-refractivity contribution in [1.29, 1.82) is 0 Å². The van der Waals surface area contributed by atoms with E-state index in [4.69, 9.17) is 0 Å². The first kappa shape index (κ1) is 9.71.